The minimum atomic E-state index is 0.621. The lowest BCUT2D eigenvalue weighted by Gasteiger charge is -2.36. The Morgan fingerprint density at radius 1 is 1.27 bits per heavy atom. The molecule has 1 N–H and O–H groups in total. The molecule has 142 valence electrons. The molecule has 0 atom stereocenters. The summed E-state index contributed by atoms with van der Waals surface area (Å²) in [5, 5.41) is 7.45. The summed E-state index contributed by atoms with van der Waals surface area (Å²) < 4.78 is 15.4. The Hall–Kier alpha value is -2.32. The Morgan fingerprint density at radius 2 is 2.15 bits per heavy atom. The van der Waals surface area contributed by atoms with E-state index in [1.54, 1.807) is 19.6 Å². The van der Waals surface area contributed by atoms with Gasteiger partial charge in [-0.25, -0.2) is 0 Å². The lowest BCUT2D eigenvalue weighted by atomic mass is 10.3. The molecular formula is C18H27N5O3. The summed E-state index contributed by atoms with van der Waals surface area (Å²) in [7, 11) is 1.70. The normalized spacial score (nSPS) is 16.2. The maximum Gasteiger partial charge on any atom is 0.194 e. The molecule has 0 unspecified atom stereocenters. The van der Waals surface area contributed by atoms with E-state index in [1.807, 2.05) is 18.2 Å². The van der Waals surface area contributed by atoms with E-state index in [1.165, 1.54) is 0 Å². The molecule has 8 nitrogen and oxygen atoms in total. The molecule has 3 rings (SSSR count). The number of aliphatic imine (C=N–C) groups is 1. The van der Waals surface area contributed by atoms with E-state index in [9.17, 15) is 0 Å². The molecule has 0 amide bonds. The van der Waals surface area contributed by atoms with Crippen molar-refractivity contribution in [1.29, 1.82) is 0 Å². The highest BCUT2D eigenvalue weighted by Crippen LogP contribution is 2.07. The van der Waals surface area contributed by atoms with Crippen molar-refractivity contribution in [2.24, 2.45) is 4.99 Å². The van der Waals surface area contributed by atoms with Crippen molar-refractivity contribution in [1.82, 2.24) is 20.3 Å². The van der Waals surface area contributed by atoms with Crippen LogP contribution in [0.5, 0.6) is 0 Å². The highest BCUT2D eigenvalue weighted by Gasteiger charge is 2.20. The first-order valence-corrected chi connectivity index (χ1v) is 9.01. The number of furan rings is 1. The summed E-state index contributed by atoms with van der Waals surface area (Å²) >= 11 is 0. The smallest absolute Gasteiger partial charge is 0.194 e. The summed E-state index contributed by atoms with van der Waals surface area (Å²) in [6.07, 6.45) is 4.16. The predicted octanol–water partition coefficient (Wildman–Crippen LogP) is 1.22. The van der Waals surface area contributed by atoms with E-state index in [4.69, 9.17) is 13.7 Å². The Balaban J connectivity index is 1.48. The molecule has 0 aliphatic carbocycles. The average molecular weight is 361 g/mol. The monoisotopic (exact) mass is 361 g/mol. The Bertz CT molecular complexity index is 634. The third-order valence-electron chi connectivity index (χ3n) is 4.34. The number of guanidine groups is 1. The molecule has 0 saturated carbocycles. The number of nitrogens with zero attached hydrogens (tertiary/aromatic N) is 4. The summed E-state index contributed by atoms with van der Waals surface area (Å²) in [4.78, 5) is 9.37. The standard InChI is InChI=1S/C18H27N5O3/c1-24-14-7-20-18(19-6-4-17-3-2-12-25-17)23-10-8-22(9-11-23)15-16-5-13-26-21-16/h2-3,5,12-13H,4,6-11,14-15H2,1H3,(H,19,20). The topological polar surface area (TPSA) is 79.3 Å². The SMILES string of the molecule is COCCN=C(NCCc1ccco1)N1CCN(Cc2ccon2)CC1. The molecule has 2 aromatic heterocycles. The largest absolute Gasteiger partial charge is 0.469 e. The van der Waals surface area contributed by atoms with Gasteiger partial charge in [-0.2, -0.15) is 0 Å². The van der Waals surface area contributed by atoms with Crippen LogP contribution in [-0.4, -0.2) is 73.9 Å². The second kappa shape index (κ2) is 9.98. The van der Waals surface area contributed by atoms with Crippen LogP contribution < -0.4 is 5.32 Å². The van der Waals surface area contributed by atoms with Crippen LogP contribution in [0.1, 0.15) is 11.5 Å². The molecule has 1 fully saturated rings. The van der Waals surface area contributed by atoms with E-state index in [-0.39, 0.29) is 0 Å². The van der Waals surface area contributed by atoms with Gasteiger partial charge in [0.1, 0.15) is 12.0 Å². The summed E-state index contributed by atoms with van der Waals surface area (Å²) in [6, 6.07) is 5.82. The number of aromatic nitrogens is 1. The van der Waals surface area contributed by atoms with E-state index in [0.29, 0.717) is 13.2 Å². The number of hydrogen-bond acceptors (Lipinski definition) is 6. The fourth-order valence-corrected chi connectivity index (χ4v) is 2.93. The molecule has 1 saturated heterocycles. The Kier molecular flexibility index (Phi) is 7.09. The van der Waals surface area contributed by atoms with E-state index < -0.39 is 0 Å². The third-order valence-corrected chi connectivity index (χ3v) is 4.34. The number of ether oxygens (including phenoxy) is 1. The molecule has 8 heteroatoms. The predicted molar refractivity (Wildman–Crippen MR) is 97.9 cm³/mol. The zero-order chi connectivity index (χ0) is 18.0. The van der Waals surface area contributed by atoms with Crippen molar-refractivity contribution in [3.8, 4) is 0 Å². The number of hydrogen-bond donors (Lipinski definition) is 1. The number of nitrogens with one attached hydrogen (secondary N) is 1. The van der Waals surface area contributed by atoms with Gasteiger partial charge in [0, 0.05) is 58.9 Å². The van der Waals surface area contributed by atoms with Gasteiger partial charge < -0.3 is 23.9 Å². The van der Waals surface area contributed by atoms with Gasteiger partial charge in [-0.15, -0.1) is 0 Å². The first-order chi connectivity index (χ1) is 12.8. The second-order valence-electron chi connectivity index (χ2n) is 6.21. The molecule has 3 heterocycles. The van der Waals surface area contributed by atoms with Gasteiger partial charge in [-0.1, -0.05) is 5.16 Å². The average Bonchev–Trinajstić information content (AvgIpc) is 3.35. The second-order valence-corrected chi connectivity index (χ2v) is 6.21. The minimum absolute atomic E-state index is 0.621. The molecular weight excluding hydrogens is 334 g/mol. The quantitative estimate of drug-likeness (QED) is 0.430. The molecule has 26 heavy (non-hydrogen) atoms. The van der Waals surface area contributed by atoms with Crippen molar-refractivity contribution in [3.63, 3.8) is 0 Å². The highest BCUT2D eigenvalue weighted by molar-refractivity contribution is 5.80. The van der Waals surface area contributed by atoms with Crippen LogP contribution in [0.2, 0.25) is 0 Å². The maximum absolute atomic E-state index is 5.39. The first kappa shape index (κ1) is 18.5. The zero-order valence-electron chi connectivity index (χ0n) is 15.3. The van der Waals surface area contributed by atoms with Crippen molar-refractivity contribution >= 4 is 5.96 Å². The fourth-order valence-electron chi connectivity index (χ4n) is 2.93. The first-order valence-electron chi connectivity index (χ1n) is 9.01. The summed E-state index contributed by atoms with van der Waals surface area (Å²) in [5.41, 5.74) is 0.976. The van der Waals surface area contributed by atoms with Crippen molar-refractivity contribution in [3.05, 3.63) is 42.2 Å². The number of piperazine rings is 1. The van der Waals surface area contributed by atoms with Crippen LogP contribution in [0.25, 0.3) is 0 Å². The lowest BCUT2D eigenvalue weighted by Crippen LogP contribution is -2.52. The number of methoxy groups -OCH3 is 1. The molecule has 0 radical (unpaired) electrons. The van der Waals surface area contributed by atoms with E-state index >= 15 is 0 Å². The van der Waals surface area contributed by atoms with Crippen molar-refractivity contribution in [2.75, 3.05) is 53.0 Å². The van der Waals surface area contributed by atoms with Crippen LogP contribution in [-0.2, 0) is 17.7 Å². The van der Waals surface area contributed by atoms with Gasteiger partial charge in [0.2, 0.25) is 0 Å². The van der Waals surface area contributed by atoms with Gasteiger partial charge in [0.15, 0.2) is 5.96 Å². The van der Waals surface area contributed by atoms with Crippen molar-refractivity contribution in [2.45, 2.75) is 13.0 Å². The molecule has 1 aliphatic rings. The van der Waals surface area contributed by atoms with Gasteiger partial charge in [0.05, 0.1) is 25.1 Å². The Labute approximate surface area is 153 Å². The van der Waals surface area contributed by atoms with Crippen LogP contribution >= 0.6 is 0 Å². The van der Waals surface area contributed by atoms with E-state index in [2.05, 4.69) is 25.3 Å². The van der Waals surface area contributed by atoms with Gasteiger partial charge >= 0.3 is 0 Å². The molecule has 0 aromatic carbocycles. The van der Waals surface area contributed by atoms with Crippen LogP contribution in [0.15, 0.2) is 44.7 Å². The number of rotatable bonds is 8. The van der Waals surface area contributed by atoms with Crippen LogP contribution in [0, 0.1) is 0 Å². The highest BCUT2D eigenvalue weighted by atomic mass is 16.5. The molecule has 0 spiro atoms. The van der Waals surface area contributed by atoms with Gasteiger partial charge in [-0.3, -0.25) is 9.89 Å². The van der Waals surface area contributed by atoms with Gasteiger partial charge in [0.25, 0.3) is 0 Å². The van der Waals surface area contributed by atoms with Gasteiger partial charge in [-0.05, 0) is 12.1 Å². The summed E-state index contributed by atoms with van der Waals surface area (Å²) in [5.74, 6) is 1.92. The van der Waals surface area contributed by atoms with E-state index in [0.717, 1.165) is 63.1 Å². The Morgan fingerprint density at radius 3 is 2.85 bits per heavy atom. The summed E-state index contributed by atoms with van der Waals surface area (Å²) in [6.45, 7) is 6.68. The maximum atomic E-state index is 5.39. The minimum Gasteiger partial charge on any atom is -0.469 e. The van der Waals surface area contributed by atoms with Crippen LogP contribution in [0.3, 0.4) is 0 Å². The third kappa shape index (κ3) is 5.60. The molecule has 2 aromatic rings. The zero-order valence-corrected chi connectivity index (χ0v) is 15.3. The lowest BCUT2D eigenvalue weighted by molar-refractivity contribution is 0.168. The van der Waals surface area contributed by atoms with Crippen molar-refractivity contribution < 1.29 is 13.7 Å². The molecule has 1 aliphatic heterocycles. The molecule has 0 bridgehead atoms. The van der Waals surface area contributed by atoms with Crippen LogP contribution in [0.4, 0.5) is 0 Å². The fraction of sp³-hybridized carbons (Fsp3) is 0.556.